The molecule has 0 aliphatic heterocycles. The Bertz CT molecular complexity index is 249. The van der Waals surface area contributed by atoms with E-state index >= 15 is 0 Å². The largest absolute Gasteiger partial charge is 0.327 e. The van der Waals surface area contributed by atoms with E-state index in [1.165, 1.54) is 0 Å². The van der Waals surface area contributed by atoms with Crippen LogP contribution in [0.15, 0.2) is 41.6 Å². The lowest BCUT2D eigenvalue weighted by atomic mass is 10.5. The number of rotatable bonds is 5. The third kappa shape index (κ3) is 4.98. The minimum Gasteiger partial charge on any atom is -0.327 e. The Morgan fingerprint density at radius 3 is 3.00 bits per heavy atom. The highest BCUT2D eigenvalue weighted by Gasteiger charge is 1.91. The summed E-state index contributed by atoms with van der Waals surface area (Å²) in [5.41, 5.74) is 5.31. The van der Waals surface area contributed by atoms with E-state index in [1.54, 1.807) is 27.8 Å². The maximum Gasteiger partial charge on any atom is 0.106 e. The first-order chi connectivity index (χ1) is 6.43. The van der Waals surface area contributed by atoms with Crippen molar-refractivity contribution in [1.29, 1.82) is 0 Å². The Kier molecular flexibility index (Phi) is 5.73. The van der Waals surface area contributed by atoms with Gasteiger partial charge in [-0.25, -0.2) is 4.98 Å². The van der Waals surface area contributed by atoms with Gasteiger partial charge in [0.15, 0.2) is 0 Å². The van der Waals surface area contributed by atoms with Gasteiger partial charge in [0.05, 0.1) is 0 Å². The maximum absolute atomic E-state index is 5.31. The molecule has 13 heavy (non-hydrogen) atoms. The van der Waals surface area contributed by atoms with Gasteiger partial charge in [0, 0.05) is 18.5 Å². The summed E-state index contributed by atoms with van der Waals surface area (Å²) in [5, 5.41) is 1.05. The summed E-state index contributed by atoms with van der Waals surface area (Å²) in [6.07, 6.45) is 5.84. The smallest absolute Gasteiger partial charge is 0.106 e. The van der Waals surface area contributed by atoms with E-state index in [9.17, 15) is 0 Å². The summed E-state index contributed by atoms with van der Waals surface area (Å²) >= 11 is 0. The topological polar surface area (TPSA) is 38.9 Å². The molecule has 0 saturated carbocycles. The summed E-state index contributed by atoms with van der Waals surface area (Å²) in [7, 11) is 3.44. The van der Waals surface area contributed by atoms with E-state index in [2.05, 4.69) is 11.1 Å². The van der Waals surface area contributed by atoms with Crippen molar-refractivity contribution < 1.29 is 0 Å². The van der Waals surface area contributed by atoms with Crippen LogP contribution in [0.4, 0.5) is 0 Å². The molecule has 0 bridgehead atoms. The molecule has 0 unspecified atom stereocenters. The molecule has 0 atom stereocenters. The summed E-state index contributed by atoms with van der Waals surface area (Å²) in [6.45, 7) is 0.620. The van der Waals surface area contributed by atoms with Crippen molar-refractivity contribution >= 4 is 21.6 Å². The minimum atomic E-state index is 0.620. The molecule has 0 amide bonds. The molecule has 0 aliphatic carbocycles. The van der Waals surface area contributed by atoms with E-state index in [-0.39, 0.29) is 0 Å². The van der Waals surface area contributed by atoms with Gasteiger partial charge in [-0.2, -0.15) is 0 Å². The fourth-order valence-corrected chi connectivity index (χ4v) is 2.43. The van der Waals surface area contributed by atoms with Crippen LogP contribution in [0.25, 0.3) is 0 Å². The molecule has 1 rings (SSSR count). The van der Waals surface area contributed by atoms with Crippen LogP contribution in [0, 0.1) is 0 Å². The molecular formula is C9H12N2S2. The van der Waals surface area contributed by atoms with Gasteiger partial charge < -0.3 is 5.73 Å². The predicted molar refractivity (Wildman–Crippen MR) is 60.7 cm³/mol. The average molecular weight is 212 g/mol. The van der Waals surface area contributed by atoms with Crippen molar-refractivity contribution in [3.05, 3.63) is 36.5 Å². The SMILES string of the molecule is NCC=CCSSc1ccccn1. The lowest BCUT2D eigenvalue weighted by molar-refractivity contribution is 1.14. The highest BCUT2D eigenvalue weighted by Crippen LogP contribution is 2.28. The highest BCUT2D eigenvalue weighted by atomic mass is 33.1. The van der Waals surface area contributed by atoms with Crippen LogP contribution in [-0.2, 0) is 0 Å². The Labute approximate surface area is 86.4 Å². The summed E-state index contributed by atoms with van der Waals surface area (Å²) < 4.78 is 0. The molecule has 1 aromatic rings. The molecule has 0 saturated heterocycles. The number of pyridine rings is 1. The van der Waals surface area contributed by atoms with Crippen molar-refractivity contribution in [3.63, 3.8) is 0 Å². The molecule has 70 valence electrons. The zero-order valence-electron chi connectivity index (χ0n) is 7.22. The van der Waals surface area contributed by atoms with Crippen LogP contribution >= 0.6 is 21.6 Å². The molecular weight excluding hydrogens is 200 g/mol. The van der Waals surface area contributed by atoms with Gasteiger partial charge in [0.2, 0.25) is 0 Å². The highest BCUT2D eigenvalue weighted by molar-refractivity contribution is 8.76. The first-order valence-corrected chi connectivity index (χ1v) is 6.31. The third-order valence-electron chi connectivity index (χ3n) is 1.25. The van der Waals surface area contributed by atoms with E-state index in [4.69, 9.17) is 5.73 Å². The second-order valence-electron chi connectivity index (χ2n) is 2.24. The second-order valence-corrected chi connectivity index (χ2v) is 4.60. The van der Waals surface area contributed by atoms with Gasteiger partial charge in [0.25, 0.3) is 0 Å². The van der Waals surface area contributed by atoms with Gasteiger partial charge in [-0.05, 0) is 22.9 Å². The molecule has 2 nitrogen and oxygen atoms in total. The van der Waals surface area contributed by atoms with Crippen molar-refractivity contribution in [2.45, 2.75) is 5.03 Å². The average Bonchev–Trinajstić information content (AvgIpc) is 2.19. The minimum absolute atomic E-state index is 0.620. The Hall–Kier alpha value is -0.450. The number of hydrogen-bond donors (Lipinski definition) is 1. The number of nitrogens with two attached hydrogens (primary N) is 1. The zero-order chi connectivity index (χ0) is 9.36. The van der Waals surface area contributed by atoms with Crippen molar-refractivity contribution in [2.24, 2.45) is 5.73 Å². The molecule has 1 aromatic heterocycles. The summed E-state index contributed by atoms with van der Waals surface area (Å²) in [5.74, 6) is 0.971. The van der Waals surface area contributed by atoms with E-state index in [0.717, 1.165) is 10.8 Å². The van der Waals surface area contributed by atoms with Gasteiger partial charge in [-0.3, -0.25) is 0 Å². The first kappa shape index (κ1) is 10.6. The lowest BCUT2D eigenvalue weighted by Gasteiger charge is -1.95. The lowest BCUT2D eigenvalue weighted by Crippen LogP contribution is -1.92. The third-order valence-corrected chi connectivity index (χ3v) is 3.38. The van der Waals surface area contributed by atoms with Gasteiger partial charge >= 0.3 is 0 Å². The Balaban J connectivity index is 2.17. The standard InChI is InChI=1S/C9H12N2S2/c10-6-2-4-8-12-13-9-5-1-3-7-11-9/h1-5,7H,6,8,10H2. The van der Waals surface area contributed by atoms with Crippen LogP contribution in [0.3, 0.4) is 0 Å². The Morgan fingerprint density at radius 1 is 1.38 bits per heavy atom. The molecule has 4 heteroatoms. The van der Waals surface area contributed by atoms with E-state index < -0.39 is 0 Å². The Morgan fingerprint density at radius 2 is 2.31 bits per heavy atom. The predicted octanol–water partition coefficient (Wildman–Crippen LogP) is 2.34. The quantitative estimate of drug-likeness (QED) is 0.462. The van der Waals surface area contributed by atoms with Crippen molar-refractivity contribution in [3.8, 4) is 0 Å². The fourth-order valence-electron chi connectivity index (χ4n) is 0.694. The van der Waals surface area contributed by atoms with E-state index in [0.29, 0.717) is 6.54 Å². The summed E-state index contributed by atoms with van der Waals surface area (Å²) in [4.78, 5) is 4.19. The van der Waals surface area contributed by atoms with Gasteiger partial charge in [-0.1, -0.05) is 29.0 Å². The number of aromatic nitrogens is 1. The van der Waals surface area contributed by atoms with Crippen LogP contribution in [0.1, 0.15) is 0 Å². The second kappa shape index (κ2) is 7.00. The van der Waals surface area contributed by atoms with Gasteiger partial charge in [-0.15, -0.1) is 0 Å². The molecule has 0 spiro atoms. The fraction of sp³-hybridized carbons (Fsp3) is 0.222. The van der Waals surface area contributed by atoms with Crippen LogP contribution in [-0.4, -0.2) is 17.3 Å². The van der Waals surface area contributed by atoms with Crippen molar-refractivity contribution in [2.75, 3.05) is 12.3 Å². The van der Waals surface area contributed by atoms with E-state index in [1.807, 2.05) is 24.3 Å². The molecule has 0 radical (unpaired) electrons. The van der Waals surface area contributed by atoms with Crippen LogP contribution < -0.4 is 5.73 Å². The molecule has 1 heterocycles. The first-order valence-electron chi connectivity index (χ1n) is 3.99. The summed E-state index contributed by atoms with van der Waals surface area (Å²) in [6, 6.07) is 5.92. The number of nitrogens with zero attached hydrogens (tertiary/aromatic N) is 1. The zero-order valence-corrected chi connectivity index (χ0v) is 8.85. The molecule has 0 fully saturated rings. The monoisotopic (exact) mass is 212 g/mol. The molecule has 2 N–H and O–H groups in total. The van der Waals surface area contributed by atoms with Crippen LogP contribution in [0.5, 0.6) is 0 Å². The van der Waals surface area contributed by atoms with Crippen molar-refractivity contribution in [1.82, 2.24) is 4.98 Å². The maximum atomic E-state index is 5.31. The molecule has 0 aromatic carbocycles. The van der Waals surface area contributed by atoms with Crippen LogP contribution in [0.2, 0.25) is 0 Å². The molecule has 0 aliphatic rings. The van der Waals surface area contributed by atoms with Gasteiger partial charge in [0.1, 0.15) is 5.03 Å². The normalized spacial score (nSPS) is 10.8. The number of hydrogen-bond acceptors (Lipinski definition) is 4.